The van der Waals surface area contributed by atoms with E-state index in [0.717, 1.165) is 37.9 Å². The molecule has 2 aromatic rings. The molecule has 0 N–H and O–H groups in total. The summed E-state index contributed by atoms with van der Waals surface area (Å²) in [6, 6.07) is 6.06. The number of aromatic nitrogens is 2. The Morgan fingerprint density at radius 2 is 1.89 bits per heavy atom. The fourth-order valence-electron chi connectivity index (χ4n) is 4.04. The minimum atomic E-state index is -0.290. The third kappa shape index (κ3) is 5.40. The summed E-state index contributed by atoms with van der Waals surface area (Å²) in [5.74, 6) is 1.59. The molecule has 0 radical (unpaired) electrons. The SMILES string of the molecule is C[C@@H](CC(=O)N1CCC(c2nc(-c3ccc(F)cc3)no2)CC1)CC(C)(C)C. The molecule has 6 heteroatoms. The Morgan fingerprint density at radius 1 is 1.25 bits per heavy atom. The van der Waals surface area contributed by atoms with Crippen LogP contribution in [0.25, 0.3) is 11.4 Å². The molecule has 0 spiro atoms. The van der Waals surface area contributed by atoms with Gasteiger partial charge in [0.1, 0.15) is 5.82 Å². The molecule has 1 fully saturated rings. The topological polar surface area (TPSA) is 59.2 Å². The van der Waals surface area contributed by atoms with Gasteiger partial charge in [-0.2, -0.15) is 4.98 Å². The van der Waals surface area contributed by atoms with Gasteiger partial charge < -0.3 is 9.42 Å². The highest BCUT2D eigenvalue weighted by Crippen LogP contribution is 2.30. The van der Waals surface area contributed by atoms with Crippen molar-refractivity contribution >= 4 is 5.91 Å². The van der Waals surface area contributed by atoms with E-state index in [0.29, 0.717) is 24.1 Å². The maximum atomic E-state index is 13.1. The molecule has 1 aliphatic heterocycles. The van der Waals surface area contributed by atoms with E-state index >= 15 is 0 Å². The number of nitrogens with zero attached hydrogens (tertiary/aromatic N) is 3. The number of piperidine rings is 1. The molecule has 3 rings (SSSR count). The summed E-state index contributed by atoms with van der Waals surface area (Å²) in [7, 11) is 0. The summed E-state index contributed by atoms with van der Waals surface area (Å²) < 4.78 is 18.5. The summed E-state index contributed by atoms with van der Waals surface area (Å²) in [6.07, 6.45) is 3.30. The average molecular weight is 387 g/mol. The molecular weight excluding hydrogens is 357 g/mol. The zero-order chi connectivity index (χ0) is 20.3. The number of rotatable bonds is 5. The molecule has 1 aromatic carbocycles. The van der Waals surface area contributed by atoms with Crippen molar-refractivity contribution in [2.75, 3.05) is 13.1 Å². The van der Waals surface area contributed by atoms with Gasteiger partial charge in [0, 0.05) is 31.0 Å². The van der Waals surface area contributed by atoms with E-state index in [1.165, 1.54) is 12.1 Å². The van der Waals surface area contributed by atoms with Crippen molar-refractivity contribution < 1.29 is 13.7 Å². The number of carbonyl (C=O) groups excluding carboxylic acids is 1. The van der Waals surface area contributed by atoms with Gasteiger partial charge in [0.2, 0.25) is 17.6 Å². The van der Waals surface area contributed by atoms with E-state index in [2.05, 4.69) is 37.8 Å². The third-order valence-corrected chi connectivity index (χ3v) is 5.22. The molecule has 1 atom stereocenters. The quantitative estimate of drug-likeness (QED) is 0.721. The van der Waals surface area contributed by atoms with Crippen LogP contribution in [0.1, 0.15) is 65.2 Å². The Hall–Kier alpha value is -2.24. The number of carbonyl (C=O) groups is 1. The predicted octanol–water partition coefficient (Wildman–Crippen LogP) is 5.04. The summed E-state index contributed by atoms with van der Waals surface area (Å²) >= 11 is 0. The normalized spacial score (nSPS) is 17.0. The summed E-state index contributed by atoms with van der Waals surface area (Å²) in [5, 5.41) is 4.03. The smallest absolute Gasteiger partial charge is 0.230 e. The van der Waals surface area contributed by atoms with Crippen molar-refractivity contribution in [3.8, 4) is 11.4 Å². The zero-order valence-corrected chi connectivity index (χ0v) is 17.2. The fraction of sp³-hybridized carbons (Fsp3) is 0.591. The van der Waals surface area contributed by atoms with Crippen molar-refractivity contribution in [2.45, 2.75) is 59.3 Å². The highest BCUT2D eigenvalue weighted by atomic mass is 19.1. The first-order chi connectivity index (χ1) is 13.2. The van der Waals surface area contributed by atoms with Crippen LogP contribution in [0.2, 0.25) is 0 Å². The molecule has 0 saturated carbocycles. The van der Waals surface area contributed by atoms with Crippen LogP contribution in [0.3, 0.4) is 0 Å². The van der Waals surface area contributed by atoms with Crippen LogP contribution in [-0.2, 0) is 4.79 Å². The number of halogens is 1. The Morgan fingerprint density at radius 3 is 2.50 bits per heavy atom. The lowest BCUT2D eigenvalue weighted by molar-refractivity contribution is -0.133. The Labute approximate surface area is 166 Å². The van der Waals surface area contributed by atoms with Crippen LogP contribution >= 0.6 is 0 Å². The second-order valence-electron chi connectivity index (χ2n) is 9.19. The first-order valence-electron chi connectivity index (χ1n) is 10.1. The monoisotopic (exact) mass is 387 g/mol. The first-order valence-corrected chi connectivity index (χ1v) is 10.1. The van der Waals surface area contributed by atoms with Crippen LogP contribution in [0, 0.1) is 17.2 Å². The fourth-order valence-corrected chi connectivity index (χ4v) is 4.04. The van der Waals surface area contributed by atoms with Gasteiger partial charge in [-0.1, -0.05) is 32.9 Å². The van der Waals surface area contributed by atoms with Crippen molar-refractivity contribution in [3.63, 3.8) is 0 Å². The minimum absolute atomic E-state index is 0.165. The molecule has 0 aliphatic carbocycles. The van der Waals surface area contributed by atoms with E-state index in [-0.39, 0.29) is 23.1 Å². The second kappa shape index (κ2) is 8.41. The Bertz CT molecular complexity index is 787. The van der Waals surface area contributed by atoms with Gasteiger partial charge in [-0.3, -0.25) is 4.79 Å². The van der Waals surface area contributed by atoms with Crippen LogP contribution in [0.5, 0.6) is 0 Å². The maximum Gasteiger partial charge on any atom is 0.230 e. The molecule has 0 bridgehead atoms. The Balaban J connectivity index is 1.53. The van der Waals surface area contributed by atoms with Gasteiger partial charge in [-0.05, 0) is 54.9 Å². The molecule has 152 valence electrons. The van der Waals surface area contributed by atoms with Gasteiger partial charge in [0.15, 0.2) is 0 Å². The zero-order valence-electron chi connectivity index (χ0n) is 17.2. The molecule has 1 saturated heterocycles. The molecule has 2 heterocycles. The van der Waals surface area contributed by atoms with Crippen molar-refractivity contribution in [2.24, 2.45) is 11.3 Å². The Kier molecular flexibility index (Phi) is 6.16. The molecule has 5 nitrogen and oxygen atoms in total. The van der Waals surface area contributed by atoms with Crippen molar-refractivity contribution in [1.82, 2.24) is 15.0 Å². The largest absolute Gasteiger partial charge is 0.343 e. The summed E-state index contributed by atoms with van der Waals surface area (Å²) in [6.45, 7) is 10.2. The van der Waals surface area contributed by atoms with Gasteiger partial charge in [-0.15, -0.1) is 0 Å². The third-order valence-electron chi connectivity index (χ3n) is 5.22. The molecular formula is C22H30FN3O2. The first kappa shape index (κ1) is 20.5. The number of hydrogen-bond donors (Lipinski definition) is 0. The molecule has 1 aliphatic rings. The van der Waals surface area contributed by atoms with Gasteiger partial charge in [0.05, 0.1) is 0 Å². The lowest BCUT2D eigenvalue weighted by Crippen LogP contribution is -2.38. The van der Waals surface area contributed by atoms with Crippen LogP contribution in [0.4, 0.5) is 4.39 Å². The number of hydrogen-bond acceptors (Lipinski definition) is 4. The molecule has 28 heavy (non-hydrogen) atoms. The van der Waals surface area contributed by atoms with Gasteiger partial charge >= 0.3 is 0 Å². The maximum absolute atomic E-state index is 13.1. The number of amides is 1. The van der Waals surface area contributed by atoms with Gasteiger partial charge in [-0.25, -0.2) is 4.39 Å². The lowest BCUT2D eigenvalue weighted by Gasteiger charge is -2.32. The standard InChI is InChI=1S/C22H30FN3O2/c1-15(14-22(2,3)4)13-19(27)26-11-9-17(10-12-26)21-24-20(25-28-21)16-5-7-18(23)8-6-16/h5-8,15,17H,9-14H2,1-4H3/t15-/m0/s1. The highest BCUT2D eigenvalue weighted by Gasteiger charge is 2.28. The highest BCUT2D eigenvalue weighted by molar-refractivity contribution is 5.76. The minimum Gasteiger partial charge on any atom is -0.343 e. The van der Waals surface area contributed by atoms with E-state index < -0.39 is 0 Å². The van der Waals surface area contributed by atoms with Crippen LogP contribution in [0.15, 0.2) is 28.8 Å². The molecule has 0 unspecified atom stereocenters. The number of likely N-dealkylation sites (tertiary alicyclic amines) is 1. The molecule has 1 amide bonds. The van der Waals surface area contributed by atoms with E-state index in [9.17, 15) is 9.18 Å². The van der Waals surface area contributed by atoms with Crippen LogP contribution in [-0.4, -0.2) is 34.0 Å². The molecule has 1 aromatic heterocycles. The van der Waals surface area contributed by atoms with E-state index in [1.807, 2.05) is 4.90 Å². The van der Waals surface area contributed by atoms with E-state index in [1.54, 1.807) is 12.1 Å². The summed E-state index contributed by atoms with van der Waals surface area (Å²) in [5.41, 5.74) is 0.976. The van der Waals surface area contributed by atoms with E-state index in [4.69, 9.17) is 4.52 Å². The summed E-state index contributed by atoms with van der Waals surface area (Å²) in [4.78, 5) is 19.1. The average Bonchev–Trinajstić information content (AvgIpc) is 3.11. The van der Waals surface area contributed by atoms with Gasteiger partial charge in [0.25, 0.3) is 0 Å². The number of benzene rings is 1. The van der Waals surface area contributed by atoms with Crippen LogP contribution < -0.4 is 0 Å². The predicted molar refractivity (Wildman–Crippen MR) is 106 cm³/mol. The van der Waals surface area contributed by atoms with Crippen molar-refractivity contribution in [1.29, 1.82) is 0 Å². The lowest BCUT2D eigenvalue weighted by atomic mass is 9.84. The van der Waals surface area contributed by atoms with Crippen molar-refractivity contribution in [3.05, 3.63) is 36.0 Å². The second-order valence-corrected chi connectivity index (χ2v) is 9.19.